The van der Waals surface area contributed by atoms with Gasteiger partial charge in [-0.2, -0.15) is 0 Å². The average molecular weight is 898 g/mol. The van der Waals surface area contributed by atoms with Crippen LogP contribution in [0, 0.1) is 6.58 Å². The molecule has 0 saturated carbocycles. The van der Waals surface area contributed by atoms with Crippen LogP contribution in [0.15, 0.2) is 214 Å². The summed E-state index contributed by atoms with van der Waals surface area (Å²) >= 11 is 0. The van der Waals surface area contributed by atoms with Crippen molar-refractivity contribution < 1.29 is 24.6 Å². The van der Waals surface area contributed by atoms with Crippen LogP contribution in [0.5, 0.6) is 0 Å². The molecule has 0 fully saturated rings. The van der Waals surface area contributed by atoms with E-state index in [4.69, 9.17) is 6.58 Å². The van der Waals surface area contributed by atoms with Gasteiger partial charge < -0.3 is 11.1 Å². The summed E-state index contributed by atoms with van der Waals surface area (Å²) in [5, 5.41) is 8.39. The van der Waals surface area contributed by atoms with E-state index in [0.29, 0.717) is 0 Å². The minimum atomic E-state index is -0.446. The molecule has 0 N–H and O–H groups in total. The van der Waals surface area contributed by atoms with Gasteiger partial charge in [0.1, 0.15) is 0 Å². The Morgan fingerprint density at radius 2 is 0.577 bits per heavy atom. The van der Waals surface area contributed by atoms with Crippen LogP contribution in [0.1, 0.15) is 20.8 Å². The molecular formula is C48H53IrNP2. The van der Waals surface area contributed by atoms with Gasteiger partial charge in [-0.25, -0.2) is 0 Å². The van der Waals surface area contributed by atoms with Gasteiger partial charge in [-0.15, -0.1) is 0 Å². The van der Waals surface area contributed by atoms with Gasteiger partial charge in [0.2, 0.25) is 0 Å². The maximum Gasteiger partial charge on any atom is 0.0777 e. The maximum absolute atomic E-state index is 5.49. The number of benzene rings is 6. The van der Waals surface area contributed by atoms with Gasteiger partial charge in [-0.1, -0.05) is 214 Å². The van der Waals surface area contributed by atoms with E-state index in [-0.39, 0.29) is 20.1 Å². The van der Waals surface area contributed by atoms with Crippen LogP contribution in [0.2, 0.25) is 0 Å². The standard InChI is InChI=1S/2C18H15P.C8H17N.C4H6.Ir/c2*1-4-10-16(11-5-1)19(17-12-6-2-7-13-17)18-14-8-3-9-15-18;1-5-9(6-2,7-3)8-4;1-3-4-2;/h2*1-15H;1,5H,6-8H2,2-4H3;3-4H,1-2H2;. The molecule has 0 aliphatic heterocycles. The fourth-order valence-electron chi connectivity index (χ4n) is 5.34. The predicted octanol–water partition coefficient (Wildman–Crippen LogP) is 10.1. The molecule has 269 valence electrons. The minimum absolute atomic E-state index is 0. The van der Waals surface area contributed by atoms with Gasteiger partial charge in [0, 0.05) is 20.1 Å². The van der Waals surface area contributed by atoms with E-state index in [1.54, 1.807) is 18.4 Å². The fraction of sp³-hybridized carbons (Fsp3) is 0.125. The Labute approximate surface area is 330 Å². The second-order valence-corrected chi connectivity index (χ2v) is 15.9. The van der Waals surface area contributed by atoms with Gasteiger partial charge in [0.25, 0.3) is 0 Å². The number of nitrogens with zero attached hydrogens (tertiary/aromatic N) is 1. The van der Waals surface area contributed by atoms with Gasteiger partial charge in [0.15, 0.2) is 0 Å². The minimum Gasteiger partial charge on any atom is -0.457 e. The molecule has 1 nitrogen and oxygen atoms in total. The molecule has 0 unspecified atom stereocenters. The summed E-state index contributed by atoms with van der Waals surface area (Å²) in [6.07, 6.45) is 5.07. The van der Waals surface area contributed by atoms with Crippen molar-refractivity contribution >= 4 is 47.7 Å². The molecule has 6 aromatic rings. The first kappa shape index (κ1) is 44.2. The normalized spacial score (nSPS) is 10.1. The summed E-state index contributed by atoms with van der Waals surface area (Å²) in [7, 11) is -0.892. The Kier molecular flexibility index (Phi) is 22.0. The van der Waals surface area contributed by atoms with E-state index in [1.165, 1.54) is 31.8 Å². The third-order valence-electron chi connectivity index (χ3n) is 8.46. The Hall–Kier alpha value is -3.99. The van der Waals surface area contributed by atoms with Crippen LogP contribution >= 0.6 is 15.8 Å². The molecule has 0 aromatic heterocycles. The SMILES string of the molecule is C=CC=C.[CH-]=C[N+](CC)(CC)CC.[Ir].c1ccc(P(c2ccccc2)c2ccccc2)cc1.c1ccc(P(c2ccccc2)c2ccccc2)cc1. The molecule has 0 aliphatic carbocycles. The monoisotopic (exact) mass is 898 g/mol. The Morgan fingerprint density at radius 1 is 0.404 bits per heavy atom. The topological polar surface area (TPSA) is 0 Å². The number of allylic oxidation sites excluding steroid dienone is 2. The van der Waals surface area contributed by atoms with Crippen molar-refractivity contribution in [2.24, 2.45) is 0 Å². The maximum atomic E-state index is 5.49. The smallest absolute Gasteiger partial charge is 0.0777 e. The van der Waals surface area contributed by atoms with E-state index in [1.807, 2.05) is 0 Å². The first-order valence-corrected chi connectivity index (χ1v) is 20.3. The second-order valence-electron chi connectivity index (χ2n) is 11.5. The number of quaternary nitrogens is 1. The first-order valence-electron chi connectivity index (χ1n) is 17.6. The van der Waals surface area contributed by atoms with Crippen LogP contribution in [0.25, 0.3) is 0 Å². The zero-order chi connectivity index (χ0) is 36.6. The van der Waals surface area contributed by atoms with E-state index >= 15 is 0 Å². The number of hydrogen-bond acceptors (Lipinski definition) is 0. The van der Waals surface area contributed by atoms with Gasteiger partial charge in [-0.05, 0) is 68.4 Å². The van der Waals surface area contributed by atoms with E-state index in [2.05, 4.69) is 216 Å². The van der Waals surface area contributed by atoms with E-state index in [9.17, 15) is 0 Å². The van der Waals surface area contributed by atoms with Crippen molar-refractivity contribution in [2.75, 3.05) is 19.6 Å². The van der Waals surface area contributed by atoms with Crippen molar-refractivity contribution in [2.45, 2.75) is 20.8 Å². The van der Waals surface area contributed by atoms with Gasteiger partial charge in [0.05, 0.1) is 19.6 Å². The van der Waals surface area contributed by atoms with Gasteiger partial charge >= 0.3 is 0 Å². The molecule has 0 heterocycles. The average Bonchev–Trinajstić information content (AvgIpc) is 3.22. The number of hydrogen-bond donors (Lipinski definition) is 0. The Balaban J connectivity index is 0.000000269. The molecule has 6 aromatic carbocycles. The summed E-state index contributed by atoms with van der Waals surface area (Å²) in [4.78, 5) is 0. The van der Waals surface area contributed by atoms with Crippen LogP contribution in [0.4, 0.5) is 0 Å². The predicted molar refractivity (Wildman–Crippen MR) is 231 cm³/mol. The molecule has 0 spiro atoms. The van der Waals surface area contributed by atoms with Crippen LogP contribution in [-0.4, -0.2) is 24.1 Å². The first-order chi connectivity index (χ1) is 25.1. The summed E-state index contributed by atoms with van der Waals surface area (Å²) in [6.45, 7) is 22.0. The molecule has 0 atom stereocenters. The largest absolute Gasteiger partial charge is 0.457 e. The molecule has 52 heavy (non-hydrogen) atoms. The summed E-state index contributed by atoms with van der Waals surface area (Å²) in [5.74, 6) is 0. The van der Waals surface area contributed by atoms with E-state index in [0.717, 1.165) is 24.1 Å². The molecular weight excluding hydrogens is 845 g/mol. The van der Waals surface area contributed by atoms with Crippen molar-refractivity contribution in [3.63, 3.8) is 0 Å². The molecule has 0 amide bonds. The summed E-state index contributed by atoms with van der Waals surface area (Å²) in [5.41, 5.74) is 0. The van der Waals surface area contributed by atoms with Gasteiger partial charge in [-0.3, -0.25) is 0 Å². The van der Waals surface area contributed by atoms with Crippen LogP contribution < -0.4 is 31.8 Å². The second kappa shape index (κ2) is 25.9. The van der Waals surface area contributed by atoms with Crippen LogP contribution in [-0.2, 0) is 20.1 Å². The summed E-state index contributed by atoms with van der Waals surface area (Å²) < 4.78 is 0.931. The molecule has 6 rings (SSSR count). The van der Waals surface area contributed by atoms with Crippen molar-refractivity contribution in [1.82, 2.24) is 0 Å². The number of rotatable bonds is 11. The van der Waals surface area contributed by atoms with Crippen LogP contribution in [0.3, 0.4) is 0 Å². The summed E-state index contributed by atoms with van der Waals surface area (Å²) in [6, 6.07) is 64.7. The van der Waals surface area contributed by atoms with Crippen molar-refractivity contribution in [1.29, 1.82) is 0 Å². The molecule has 0 aliphatic rings. The molecule has 0 saturated heterocycles. The zero-order valence-electron chi connectivity index (χ0n) is 30.8. The van der Waals surface area contributed by atoms with E-state index < -0.39 is 15.8 Å². The molecule has 0 bridgehead atoms. The Morgan fingerprint density at radius 3 is 0.673 bits per heavy atom. The fourth-order valence-corrected chi connectivity index (χ4v) is 9.95. The van der Waals surface area contributed by atoms with Crippen molar-refractivity contribution in [3.8, 4) is 0 Å². The molecule has 1 radical (unpaired) electrons. The Bertz CT molecular complexity index is 1460. The van der Waals surface area contributed by atoms with Crippen molar-refractivity contribution in [3.05, 3.63) is 220 Å². The zero-order valence-corrected chi connectivity index (χ0v) is 35.0. The quantitative estimate of drug-likeness (QED) is 0.0526. The third-order valence-corrected chi connectivity index (χ3v) is 13.3. The third kappa shape index (κ3) is 14.2. The molecule has 4 heteroatoms.